The van der Waals surface area contributed by atoms with Gasteiger partial charge in [-0.15, -0.1) is 0 Å². The van der Waals surface area contributed by atoms with Crippen molar-refractivity contribution in [2.45, 2.75) is 44.2 Å². The van der Waals surface area contributed by atoms with Gasteiger partial charge in [0.05, 0.1) is 10.7 Å². The van der Waals surface area contributed by atoms with Crippen molar-refractivity contribution < 1.29 is 9.18 Å². The van der Waals surface area contributed by atoms with E-state index in [2.05, 4.69) is 10.6 Å². The summed E-state index contributed by atoms with van der Waals surface area (Å²) in [5.74, 6) is -0.251. The Kier molecular flexibility index (Phi) is 3.94. The Morgan fingerprint density at radius 3 is 2.70 bits per heavy atom. The van der Waals surface area contributed by atoms with E-state index in [-0.39, 0.29) is 16.6 Å². The fourth-order valence-corrected chi connectivity index (χ4v) is 3.62. The largest absolute Gasteiger partial charge is 0.322 e. The summed E-state index contributed by atoms with van der Waals surface area (Å²) in [5.41, 5.74) is 0.0936. The summed E-state index contributed by atoms with van der Waals surface area (Å²) >= 11 is 5.91. The lowest BCUT2D eigenvalue weighted by atomic mass is 9.89. The molecule has 2 atom stereocenters. The average molecular weight is 297 g/mol. The van der Waals surface area contributed by atoms with Crippen LogP contribution in [0.4, 0.5) is 10.1 Å². The number of anilines is 1. The molecule has 2 aliphatic rings. The molecule has 0 saturated carbocycles. The molecule has 1 amide bonds. The molecule has 2 bridgehead atoms. The predicted octanol–water partition coefficient (Wildman–Crippen LogP) is 3.34. The van der Waals surface area contributed by atoms with E-state index in [1.165, 1.54) is 25.0 Å². The van der Waals surface area contributed by atoms with E-state index in [4.69, 9.17) is 11.6 Å². The predicted molar refractivity (Wildman–Crippen MR) is 77.3 cm³/mol. The van der Waals surface area contributed by atoms with Gasteiger partial charge in [-0.2, -0.15) is 0 Å². The number of carbonyl (C=O) groups excluding carboxylic acids is 1. The summed E-state index contributed by atoms with van der Waals surface area (Å²) in [6.07, 6.45) is 4.94. The zero-order valence-corrected chi connectivity index (χ0v) is 11.9. The van der Waals surface area contributed by atoms with Crippen molar-refractivity contribution in [1.29, 1.82) is 0 Å². The summed E-state index contributed by atoms with van der Waals surface area (Å²) in [5, 5.41) is 6.40. The van der Waals surface area contributed by atoms with Gasteiger partial charge >= 0.3 is 0 Å². The van der Waals surface area contributed by atoms with Crippen molar-refractivity contribution in [2.24, 2.45) is 5.92 Å². The minimum absolute atomic E-state index is 0.0936. The number of fused-ring (bicyclic) bond motifs is 2. The highest BCUT2D eigenvalue weighted by Crippen LogP contribution is 2.33. The van der Waals surface area contributed by atoms with Gasteiger partial charge in [0.1, 0.15) is 5.82 Å². The quantitative estimate of drug-likeness (QED) is 0.898. The smallest absolute Gasteiger partial charge is 0.224 e. The van der Waals surface area contributed by atoms with Gasteiger partial charge in [-0.05, 0) is 43.7 Å². The zero-order chi connectivity index (χ0) is 14.1. The molecular formula is C15H18ClFN2O. The maximum absolute atomic E-state index is 13.6. The number of piperidine rings is 1. The van der Waals surface area contributed by atoms with Crippen LogP contribution < -0.4 is 10.6 Å². The first kappa shape index (κ1) is 13.8. The average Bonchev–Trinajstić information content (AvgIpc) is 2.73. The third kappa shape index (κ3) is 2.96. The van der Waals surface area contributed by atoms with Gasteiger partial charge in [0.15, 0.2) is 0 Å². The van der Waals surface area contributed by atoms with Crippen LogP contribution in [-0.2, 0) is 4.79 Å². The van der Waals surface area contributed by atoms with Crippen molar-refractivity contribution >= 4 is 23.2 Å². The lowest BCUT2D eigenvalue weighted by molar-refractivity contribution is -0.117. The van der Waals surface area contributed by atoms with E-state index >= 15 is 0 Å². The topological polar surface area (TPSA) is 41.1 Å². The summed E-state index contributed by atoms with van der Waals surface area (Å²) in [6, 6.07) is 5.52. The fraction of sp³-hybridized carbons (Fsp3) is 0.533. The Morgan fingerprint density at radius 2 is 2.05 bits per heavy atom. The lowest BCUT2D eigenvalue weighted by Crippen LogP contribution is -2.39. The number of para-hydroxylation sites is 1. The number of rotatable bonds is 3. The highest BCUT2D eigenvalue weighted by Gasteiger charge is 2.34. The maximum atomic E-state index is 13.6. The molecule has 2 heterocycles. The van der Waals surface area contributed by atoms with E-state index in [0.29, 0.717) is 24.4 Å². The van der Waals surface area contributed by atoms with Crippen LogP contribution >= 0.6 is 11.6 Å². The summed E-state index contributed by atoms with van der Waals surface area (Å²) < 4.78 is 13.6. The number of nitrogens with one attached hydrogen (secondary N) is 2. The minimum atomic E-state index is -0.490. The molecule has 3 rings (SSSR count). The van der Waals surface area contributed by atoms with E-state index in [1.807, 2.05) is 0 Å². The van der Waals surface area contributed by atoms with Crippen molar-refractivity contribution in [2.75, 3.05) is 5.32 Å². The van der Waals surface area contributed by atoms with E-state index < -0.39 is 5.82 Å². The van der Waals surface area contributed by atoms with Gasteiger partial charge in [-0.1, -0.05) is 17.7 Å². The molecule has 2 aliphatic heterocycles. The van der Waals surface area contributed by atoms with Gasteiger partial charge in [0, 0.05) is 18.5 Å². The number of benzene rings is 1. The number of hydrogen-bond acceptors (Lipinski definition) is 2. The zero-order valence-electron chi connectivity index (χ0n) is 11.2. The van der Waals surface area contributed by atoms with Crippen LogP contribution in [0.1, 0.15) is 32.1 Å². The third-order valence-corrected chi connectivity index (χ3v) is 4.59. The van der Waals surface area contributed by atoms with Crippen LogP contribution in [0.25, 0.3) is 0 Å². The Hall–Kier alpha value is -1.13. The third-order valence-electron chi connectivity index (χ3n) is 4.27. The van der Waals surface area contributed by atoms with Crippen molar-refractivity contribution in [3.8, 4) is 0 Å². The molecular weight excluding hydrogens is 279 g/mol. The molecule has 2 unspecified atom stereocenters. The molecule has 0 aromatic heterocycles. The highest BCUT2D eigenvalue weighted by atomic mass is 35.5. The molecule has 20 heavy (non-hydrogen) atoms. The van der Waals surface area contributed by atoms with E-state index in [0.717, 1.165) is 12.8 Å². The van der Waals surface area contributed by atoms with Crippen LogP contribution in [0.15, 0.2) is 18.2 Å². The summed E-state index contributed by atoms with van der Waals surface area (Å²) in [6.45, 7) is 0. The minimum Gasteiger partial charge on any atom is -0.322 e. The highest BCUT2D eigenvalue weighted by molar-refractivity contribution is 6.33. The van der Waals surface area contributed by atoms with Gasteiger partial charge < -0.3 is 10.6 Å². The van der Waals surface area contributed by atoms with Gasteiger partial charge in [-0.3, -0.25) is 4.79 Å². The SMILES string of the molecule is O=C(CC1CC2CCC(C1)N2)Nc1c(F)cccc1Cl. The van der Waals surface area contributed by atoms with E-state index in [1.54, 1.807) is 6.07 Å². The van der Waals surface area contributed by atoms with Crippen LogP contribution in [0, 0.1) is 11.7 Å². The molecule has 2 saturated heterocycles. The summed E-state index contributed by atoms with van der Waals surface area (Å²) in [7, 11) is 0. The van der Waals surface area contributed by atoms with Gasteiger partial charge in [0.2, 0.25) is 5.91 Å². The summed E-state index contributed by atoms with van der Waals surface area (Å²) in [4.78, 5) is 12.1. The molecule has 108 valence electrons. The first-order valence-electron chi connectivity index (χ1n) is 7.11. The van der Waals surface area contributed by atoms with Crippen LogP contribution in [-0.4, -0.2) is 18.0 Å². The molecule has 5 heteroatoms. The number of carbonyl (C=O) groups is 1. The monoisotopic (exact) mass is 296 g/mol. The van der Waals surface area contributed by atoms with Crippen molar-refractivity contribution in [3.05, 3.63) is 29.0 Å². The molecule has 1 aromatic rings. The first-order valence-corrected chi connectivity index (χ1v) is 7.49. The van der Waals surface area contributed by atoms with Crippen LogP contribution in [0.3, 0.4) is 0 Å². The van der Waals surface area contributed by atoms with Crippen LogP contribution in [0.2, 0.25) is 5.02 Å². The van der Waals surface area contributed by atoms with E-state index in [9.17, 15) is 9.18 Å². The second kappa shape index (κ2) is 5.70. The molecule has 0 aliphatic carbocycles. The Morgan fingerprint density at radius 1 is 1.35 bits per heavy atom. The molecule has 2 N–H and O–H groups in total. The number of amides is 1. The molecule has 2 fully saturated rings. The van der Waals surface area contributed by atoms with Gasteiger partial charge in [-0.25, -0.2) is 4.39 Å². The number of hydrogen-bond donors (Lipinski definition) is 2. The second-order valence-electron chi connectivity index (χ2n) is 5.82. The fourth-order valence-electron chi connectivity index (χ4n) is 3.41. The molecule has 3 nitrogen and oxygen atoms in total. The van der Waals surface area contributed by atoms with Crippen molar-refractivity contribution in [1.82, 2.24) is 5.32 Å². The Bertz CT molecular complexity index is 490. The molecule has 0 spiro atoms. The molecule has 1 aromatic carbocycles. The Balaban J connectivity index is 1.60. The first-order chi connectivity index (χ1) is 9.61. The van der Waals surface area contributed by atoms with Crippen LogP contribution in [0.5, 0.6) is 0 Å². The number of halogens is 2. The normalized spacial score (nSPS) is 28.4. The maximum Gasteiger partial charge on any atom is 0.224 e. The molecule has 0 radical (unpaired) electrons. The van der Waals surface area contributed by atoms with Gasteiger partial charge in [0.25, 0.3) is 0 Å². The lowest BCUT2D eigenvalue weighted by Gasteiger charge is -2.28. The van der Waals surface area contributed by atoms with Crippen molar-refractivity contribution in [3.63, 3.8) is 0 Å². The standard InChI is InChI=1S/C15H18ClFN2O/c16-12-2-1-3-13(17)15(12)19-14(20)8-9-6-10-4-5-11(7-9)18-10/h1-3,9-11,18H,4-8H2,(H,19,20). The Labute approximate surface area is 122 Å². The second-order valence-corrected chi connectivity index (χ2v) is 6.23.